The normalized spacial score (nSPS) is 10.8. The summed E-state index contributed by atoms with van der Waals surface area (Å²) in [5.74, 6) is 1.22. The second-order valence-corrected chi connectivity index (χ2v) is 4.57. The van der Waals surface area contributed by atoms with Crippen LogP contribution in [0.3, 0.4) is 0 Å². The molecule has 3 rings (SSSR count). The van der Waals surface area contributed by atoms with Crippen LogP contribution in [0.5, 0.6) is 11.5 Å². The summed E-state index contributed by atoms with van der Waals surface area (Å²) in [5, 5.41) is 10.2. The molecule has 0 aliphatic heterocycles. The lowest BCUT2D eigenvalue weighted by atomic mass is 10.2. The number of rotatable bonds is 2. The topological polar surface area (TPSA) is 58.1 Å². The molecule has 0 radical (unpaired) electrons. The summed E-state index contributed by atoms with van der Waals surface area (Å²) in [7, 11) is 1.51. The van der Waals surface area contributed by atoms with E-state index in [2.05, 4.69) is 9.97 Å². The second-order valence-electron chi connectivity index (χ2n) is 4.13. The Kier molecular flexibility index (Phi) is 2.80. The fourth-order valence-corrected chi connectivity index (χ4v) is 2.11. The molecule has 0 saturated carbocycles. The van der Waals surface area contributed by atoms with E-state index in [-0.39, 0.29) is 5.75 Å². The van der Waals surface area contributed by atoms with Gasteiger partial charge in [-0.05, 0) is 36.4 Å². The predicted molar refractivity (Wildman–Crippen MR) is 74.8 cm³/mol. The number of hydrogen-bond donors (Lipinski definition) is 2. The molecule has 0 bridgehead atoms. The zero-order valence-electron chi connectivity index (χ0n) is 10.1. The van der Waals surface area contributed by atoms with Crippen LogP contribution in [0.25, 0.3) is 22.4 Å². The number of aromatic amines is 1. The molecule has 0 aliphatic carbocycles. The smallest absolute Gasteiger partial charge is 0.161 e. The molecule has 96 valence electrons. The number of methoxy groups -OCH3 is 1. The average molecular weight is 275 g/mol. The lowest BCUT2D eigenvalue weighted by molar-refractivity contribution is 0.373. The number of phenols is 1. The number of aromatic hydroxyl groups is 1. The summed E-state index contributed by atoms with van der Waals surface area (Å²) in [4.78, 5) is 7.67. The van der Waals surface area contributed by atoms with Gasteiger partial charge >= 0.3 is 0 Å². The molecule has 2 aromatic carbocycles. The maximum Gasteiger partial charge on any atom is 0.161 e. The minimum absolute atomic E-state index is 0.102. The van der Waals surface area contributed by atoms with Crippen molar-refractivity contribution in [1.82, 2.24) is 9.97 Å². The summed E-state index contributed by atoms with van der Waals surface area (Å²) in [6.07, 6.45) is 0. The van der Waals surface area contributed by atoms with Gasteiger partial charge in [-0.2, -0.15) is 0 Å². The van der Waals surface area contributed by atoms with E-state index in [0.29, 0.717) is 16.6 Å². The van der Waals surface area contributed by atoms with Crippen LogP contribution in [-0.2, 0) is 0 Å². The highest BCUT2D eigenvalue weighted by molar-refractivity contribution is 6.31. The lowest BCUT2D eigenvalue weighted by Gasteiger charge is -2.04. The Morgan fingerprint density at radius 1 is 1.21 bits per heavy atom. The van der Waals surface area contributed by atoms with Crippen molar-refractivity contribution in [2.45, 2.75) is 0 Å². The predicted octanol–water partition coefficient (Wildman–Crippen LogP) is 3.60. The van der Waals surface area contributed by atoms with E-state index in [1.165, 1.54) is 7.11 Å². The molecule has 0 fully saturated rings. The summed E-state index contributed by atoms with van der Waals surface area (Å²) in [5.41, 5.74) is 2.54. The first-order valence-electron chi connectivity index (χ1n) is 5.70. The Balaban J connectivity index is 2.13. The molecular weight excluding hydrogens is 264 g/mol. The average Bonchev–Trinajstić information content (AvgIpc) is 2.82. The third kappa shape index (κ3) is 2.11. The summed E-state index contributed by atoms with van der Waals surface area (Å²) >= 11 is 5.94. The number of nitrogens with one attached hydrogen (secondary N) is 1. The molecule has 5 heteroatoms. The van der Waals surface area contributed by atoms with E-state index < -0.39 is 0 Å². The Hall–Kier alpha value is -2.20. The standard InChI is InChI=1S/C14H11ClN2O2/c1-19-13-6-8(2-5-12(13)18)14-16-10-4-3-9(15)7-11(10)17-14/h2-7,18H,1H3,(H,16,17). The largest absolute Gasteiger partial charge is 0.504 e. The first-order chi connectivity index (χ1) is 9.17. The van der Waals surface area contributed by atoms with E-state index in [0.717, 1.165) is 16.6 Å². The number of halogens is 1. The van der Waals surface area contributed by atoms with Crippen LogP contribution in [0, 0.1) is 0 Å². The van der Waals surface area contributed by atoms with Crippen LogP contribution < -0.4 is 4.74 Å². The molecule has 1 heterocycles. The Bertz CT molecular complexity index is 752. The van der Waals surface area contributed by atoms with Crippen molar-refractivity contribution in [3.8, 4) is 22.9 Å². The van der Waals surface area contributed by atoms with Crippen LogP contribution in [-0.4, -0.2) is 22.2 Å². The van der Waals surface area contributed by atoms with Crippen molar-refractivity contribution in [2.75, 3.05) is 7.11 Å². The van der Waals surface area contributed by atoms with E-state index in [9.17, 15) is 5.11 Å². The summed E-state index contributed by atoms with van der Waals surface area (Å²) < 4.78 is 5.09. The number of ether oxygens (including phenoxy) is 1. The SMILES string of the molecule is COc1cc(-c2nc3cc(Cl)ccc3[nH]2)ccc1O. The van der Waals surface area contributed by atoms with E-state index in [1.807, 2.05) is 12.1 Å². The number of H-pyrrole nitrogens is 1. The molecule has 0 saturated heterocycles. The van der Waals surface area contributed by atoms with Crippen LogP contribution in [0.15, 0.2) is 36.4 Å². The van der Waals surface area contributed by atoms with Crippen molar-refractivity contribution in [2.24, 2.45) is 0 Å². The number of phenolic OH excluding ortho intramolecular Hbond substituents is 1. The van der Waals surface area contributed by atoms with Gasteiger partial charge in [0, 0.05) is 10.6 Å². The van der Waals surface area contributed by atoms with Gasteiger partial charge in [0.25, 0.3) is 0 Å². The van der Waals surface area contributed by atoms with Gasteiger partial charge < -0.3 is 14.8 Å². The summed E-state index contributed by atoms with van der Waals surface area (Å²) in [6.45, 7) is 0. The number of nitrogens with zero attached hydrogens (tertiary/aromatic N) is 1. The highest BCUT2D eigenvalue weighted by Gasteiger charge is 2.09. The van der Waals surface area contributed by atoms with Crippen molar-refractivity contribution in [1.29, 1.82) is 0 Å². The first-order valence-corrected chi connectivity index (χ1v) is 6.08. The molecule has 0 atom stereocenters. The Labute approximate surface area is 114 Å². The molecule has 0 amide bonds. The van der Waals surface area contributed by atoms with Gasteiger partial charge in [0.15, 0.2) is 11.5 Å². The molecule has 2 N–H and O–H groups in total. The molecular formula is C14H11ClN2O2. The number of fused-ring (bicyclic) bond motifs is 1. The number of aromatic nitrogens is 2. The monoisotopic (exact) mass is 274 g/mol. The highest BCUT2D eigenvalue weighted by atomic mass is 35.5. The fourth-order valence-electron chi connectivity index (χ4n) is 1.94. The maximum atomic E-state index is 9.58. The summed E-state index contributed by atoms with van der Waals surface area (Å²) in [6, 6.07) is 10.6. The molecule has 4 nitrogen and oxygen atoms in total. The van der Waals surface area contributed by atoms with Crippen molar-refractivity contribution in [3.05, 3.63) is 41.4 Å². The minimum atomic E-state index is 0.102. The van der Waals surface area contributed by atoms with E-state index in [4.69, 9.17) is 16.3 Å². The van der Waals surface area contributed by atoms with E-state index >= 15 is 0 Å². The minimum Gasteiger partial charge on any atom is -0.504 e. The van der Waals surface area contributed by atoms with Crippen molar-refractivity contribution >= 4 is 22.6 Å². The van der Waals surface area contributed by atoms with Crippen LogP contribution in [0.2, 0.25) is 5.02 Å². The zero-order chi connectivity index (χ0) is 13.4. The molecule has 0 aliphatic rings. The van der Waals surface area contributed by atoms with Crippen LogP contribution in [0.4, 0.5) is 0 Å². The first kappa shape index (κ1) is 11.9. The second kappa shape index (κ2) is 4.48. The molecule has 0 unspecified atom stereocenters. The molecule has 19 heavy (non-hydrogen) atoms. The van der Waals surface area contributed by atoms with E-state index in [1.54, 1.807) is 24.3 Å². The van der Waals surface area contributed by atoms with Crippen LogP contribution >= 0.6 is 11.6 Å². The Morgan fingerprint density at radius 3 is 2.84 bits per heavy atom. The number of benzene rings is 2. The highest BCUT2D eigenvalue weighted by Crippen LogP contribution is 2.31. The molecule has 0 spiro atoms. The lowest BCUT2D eigenvalue weighted by Crippen LogP contribution is -1.86. The third-order valence-electron chi connectivity index (χ3n) is 2.90. The zero-order valence-corrected chi connectivity index (χ0v) is 10.9. The van der Waals surface area contributed by atoms with Crippen molar-refractivity contribution in [3.63, 3.8) is 0 Å². The Morgan fingerprint density at radius 2 is 2.05 bits per heavy atom. The maximum absolute atomic E-state index is 9.58. The van der Waals surface area contributed by atoms with Gasteiger partial charge in [-0.3, -0.25) is 0 Å². The number of hydrogen-bond acceptors (Lipinski definition) is 3. The van der Waals surface area contributed by atoms with Gasteiger partial charge in [-0.25, -0.2) is 4.98 Å². The third-order valence-corrected chi connectivity index (χ3v) is 3.13. The van der Waals surface area contributed by atoms with Gasteiger partial charge in [-0.1, -0.05) is 11.6 Å². The number of imidazole rings is 1. The van der Waals surface area contributed by atoms with Gasteiger partial charge in [0.05, 0.1) is 18.1 Å². The van der Waals surface area contributed by atoms with Gasteiger partial charge in [-0.15, -0.1) is 0 Å². The fraction of sp³-hybridized carbons (Fsp3) is 0.0714. The quantitative estimate of drug-likeness (QED) is 0.751. The van der Waals surface area contributed by atoms with Crippen LogP contribution in [0.1, 0.15) is 0 Å². The molecule has 1 aromatic heterocycles. The van der Waals surface area contributed by atoms with Gasteiger partial charge in [0.2, 0.25) is 0 Å². The van der Waals surface area contributed by atoms with Gasteiger partial charge in [0.1, 0.15) is 5.82 Å². The van der Waals surface area contributed by atoms with Crippen molar-refractivity contribution < 1.29 is 9.84 Å². The molecule has 3 aromatic rings.